The molecule has 6 nitrogen and oxygen atoms in total. The largest absolute Gasteiger partial charge is 0.507 e. The predicted molar refractivity (Wildman–Crippen MR) is 128 cm³/mol. The number of fused-ring (bicyclic) bond motifs is 1. The second kappa shape index (κ2) is 8.31. The van der Waals surface area contributed by atoms with Gasteiger partial charge in [-0.1, -0.05) is 24.3 Å². The highest BCUT2D eigenvalue weighted by molar-refractivity contribution is 5.98. The molecule has 4 aromatic rings. The van der Waals surface area contributed by atoms with Crippen LogP contribution in [0.2, 0.25) is 0 Å². The molecule has 0 unspecified atom stereocenters. The van der Waals surface area contributed by atoms with Gasteiger partial charge in [0.05, 0.1) is 24.2 Å². The van der Waals surface area contributed by atoms with Crippen LogP contribution in [0.25, 0.3) is 33.6 Å². The van der Waals surface area contributed by atoms with Crippen LogP contribution in [0.3, 0.4) is 0 Å². The highest BCUT2D eigenvalue weighted by atomic mass is 16.5. The Labute approximate surface area is 191 Å². The van der Waals surface area contributed by atoms with Crippen LogP contribution < -0.4 is 14.4 Å². The van der Waals surface area contributed by atoms with Crippen LogP contribution in [0.15, 0.2) is 78.9 Å². The van der Waals surface area contributed by atoms with Crippen molar-refractivity contribution in [2.24, 2.45) is 0 Å². The van der Waals surface area contributed by atoms with Gasteiger partial charge in [-0.05, 0) is 65.7 Å². The fourth-order valence-corrected chi connectivity index (χ4v) is 3.89. The number of benzene rings is 3. The molecular formula is C27H22N2O4. The third-order valence-electron chi connectivity index (χ3n) is 5.77. The van der Waals surface area contributed by atoms with Crippen molar-refractivity contribution >= 4 is 11.6 Å². The summed E-state index contributed by atoms with van der Waals surface area (Å²) in [5, 5.41) is 10.5. The van der Waals surface area contributed by atoms with E-state index in [9.17, 15) is 9.90 Å². The molecule has 0 atom stereocenters. The van der Waals surface area contributed by atoms with Crippen LogP contribution in [0, 0.1) is 0 Å². The molecule has 0 fully saturated rings. The van der Waals surface area contributed by atoms with Crippen LogP contribution in [-0.4, -0.2) is 36.8 Å². The molecule has 3 aromatic carbocycles. The van der Waals surface area contributed by atoms with Crippen LogP contribution in [0.1, 0.15) is 0 Å². The molecule has 6 heteroatoms. The predicted octanol–water partition coefficient (Wildman–Crippen LogP) is 5.15. The molecule has 0 saturated heterocycles. The second-order valence-electron chi connectivity index (χ2n) is 7.80. The van der Waals surface area contributed by atoms with E-state index < -0.39 is 0 Å². The summed E-state index contributed by atoms with van der Waals surface area (Å²) in [6.07, 6.45) is 0. The minimum absolute atomic E-state index is 0.0332. The zero-order valence-corrected chi connectivity index (χ0v) is 18.3. The average molecular weight is 438 g/mol. The van der Waals surface area contributed by atoms with E-state index in [2.05, 4.69) is 0 Å². The fraction of sp³-hybridized carbons (Fsp3) is 0.111. The number of hydrogen-bond donors (Lipinski definition) is 1. The minimum Gasteiger partial charge on any atom is -0.507 e. The summed E-state index contributed by atoms with van der Waals surface area (Å²) in [4.78, 5) is 18.6. The molecule has 0 aliphatic carbocycles. The first-order valence-corrected chi connectivity index (χ1v) is 10.5. The number of phenols is 1. The Bertz CT molecular complexity index is 1350. The number of phenolic OH excluding ortho intramolecular Hbond substituents is 1. The molecule has 1 aromatic heterocycles. The van der Waals surface area contributed by atoms with Gasteiger partial charge in [0.2, 0.25) is 0 Å². The number of aromatic nitrogens is 1. The number of para-hydroxylation sites is 1. The van der Waals surface area contributed by atoms with E-state index in [0.717, 1.165) is 28.1 Å². The van der Waals surface area contributed by atoms with Gasteiger partial charge in [-0.2, -0.15) is 0 Å². The molecular weight excluding hydrogens is 416 g/mol. The zero-order valence-electron chi connectivity index (χ0n) is 18.3. The Morgan fingerprint density at radius 2 is 1.64 bits per heavy atom. The number of carbonyl (C=O) groups is 1. The lowest BCUT2D eigenvalue weighted by Gasteiger charge is -2.26. The lowest BCUT2D eigenvalue weighted by atomic mass is 9.99. The number of amides is 1. The number of hydrogen-bond acceptors (Lipinski definition) is 5. The number of anilines is 1. The van der Waals surface area contributed by atoms with E-state index in [1.54, 1.807) is 31.2 Å². The molecule has 5 rings (SSSR count). The van der Waals surface area contributed by atoms with Crippen LogP contribution in [-0.2, 0) is 4.79 Å². The molecule has 0 spiro atoms. The summed E-state index contributed by atoms with van der Waals surface area (Å²) in [5.74, 6) is 1.49. The number of carbonyl (C=O) groups excluding carboxylic acids is 1. The first-order valence-electron chi connectivity index (χ1n) is 10.5. The van der Waals surface area contributed by atoms with E-state index in [-0.39, 0.29) is 18.3 Å². The van der Waals surface area contributed by atoms with Gasteiger partial charge in [-0.15, -0.1) is 0 Å². The molecule has 1 N–H and O–H groups in total. The summed E-state index contributed by atoms with van der Waals surface area (Å²) < 4.78 is 10.9. The number of rotatable bonds is 4. The molecule has 0 bridgehead atoms. The zero-order chi connectivity index (χ0) is 22.9. The van der Waals surface area contributed by atoms with E-state index in [4.69, 9.17) is 14.5 Å². The van der Waals surface area contributed by atoms with E-state index in [1.165, 1.54) is 0 Å². The monoisotopic (exact) mass is 438 g/mol. The maximum absolute atomic E-state index is 12.1. The highest BCUT2D eigenvalue weighted by Crippen LogP contribution is 2.38. The minimum atomic E-state index is -0.102. The van der Waals surface area contributed by atoms with Crippen molar-refractivity contribution in [3.05, 3.63) is 78.9 Å². The standard InChI is InChI=1S/C27H22N2O4/c1-29-24-15-18(9-12-26(24)33-16-27(29)31)22-13-19(17-7-10-20(32-2)11-8-17)14-23(28-22)21-5-3-4-6-25(21)30/h3-15,30H,16H2,1-2H3. The average Bonchev–Trinajstić information content (AvgIpc) is 2.86. The molecule has 1 aliphatic rings. The first-order chi connectivity index (χ1) is 16.0. The van der Waals surface area contributed by atoms with E-state index in [0.29, 0.717) is 22.7 Å². The highest BCUT2D eigenvalue weighted by Gasteiger charge is 2.23. The molecule has 0 saturated carbocycles. The molecule has 33 heavy (non-hydrogen) atoms. The molecule has 1 aliphatic heterocycles. The Balaban J connectivity index is 1.68. The molecule has 0 radical (unpaired) electrons. The van der Waals surface area contributed by atoms with Crippen LogP contribution >= 0.6 is 0 Å². The fourth-order valence-electron chi connectivity index (χ4n) is 3.89. The SMILES string of the molecule is COc1ccc(-c2cc(-c3ccc4c(c3)N(C)C(=O)CO4)nc(-c3ccccc3O)c2)cc1. The number of methoxy groups -OCH3 is 1. The maximum Gasteiger partial charge on any atom is 0.264 e. The normalized spacial score (nSPS) is 12.8. The third kappa shape index (κ3) is 3.87. The third-order valence-corrected chi connectivity index (χ3v) is 5.77. The Morgan fingerprint density at radius 3 is 2.39 bits per heavy atom. The van der Waals surface area contributed by atoms with Gasteiger partial charge in [-0.25, -0.2) is 4.98 Å². The summed E-state index contributed by atoms with van der Waals surface area (Å²) in [5.41, 5.74) is 5.48. The van der Waals surface area contributed by atoms with Crippen molar-refractivity contribution in [2.45, 2.75) is 0 Å². The van der Waals surface area contributed by atoms with E-state index in [1.807, 2.05) is 66.7 Å². The summed E-state index contributed by atoms with van der Waals surface area (Å²) >= 11 is 0. The Hall–Kier alpha value is -4.32. The van der Waals surface area contributed by atoms with Gasteiger partial charge in [0, 0.05) is 18.2 Å². The lowest BCUT2D eigenvalue weighted by molar-refractivity contribution is -0.120. The van der Waals surface area contributed by atoms with Gasteiger partial charge >= 0.3 is 0 Å². The number of ether oxygens (including phenoxy) is 2. The van der Waals surface area contributed by atoms with Crippen molar-refractivity contribution in [2.75, 3.05) is 25.7 Å². The Morgan fingerprint density at radius 1 is 0.909 bits per heavy atom. The van der Waals surface area contributed by atoms with Crippen molar-refractivity contribution in [1.29, 1.82) is 0 Å². The lowest BCUT2D eigenvalue weighted by Crippen LogP contribution is -2.35. The summed E-state index contributed by atoms with van der Waals surface area (Å²) in [6, 6.07) is 24.6. The van der Waals surface area contributed by atoms with Crippen LogP contribution in [0.4, 0.5) is 5.69 Å². The number of likely N-dealkylation sites (N-methyl/N-ethyl adjacent to an activating group) is 1. The number of pyridine rings is 1. The van der Waals surface area contributed by atoms with Gasteiger partial charge in [0.25, 0.3) is 5.91 Å². The first kappa shape index (κ1) is 20.6. The molecule has 164 valence electrons. The van der Waals surface area contributed by atoms with Gasteiger partial charge in [0.15, 0.2) is 6.61 Å². The molecule has 1 amide bonds. The second-order valence-corrected chi connectivity index (χ2v) is 7.80. The van der Waals surface area contributed by atoms with Crippen molar-refractivity contribution in [3.63, 3.8) is 0 Å². The van der Waals surface area contributed by atoms with E-state index >= 15 is 0 Å². The maximum atomic E-state index is 12.1. The number of nitrogens with zero attached hydrogens (tertiary/aromatic N) is 2. The van der Waals surface area contributed by atoms with Crippen molar-refractivity contribution in [3.8, 4) is 50.9 Å². The smallest absolute Gasteiger partial charge is 0.264 e. The summed E-state index contributed by atoms with van der Waals surface area (Å²) in [7, 11) is 3.37. The van der Waals surface area contributed by atoms with Crippen LogP contribution in [0.5, 0.6) is 17.2 Å². The van der Waals surface area contributed by atoms with Crippen molar-refractivity contribution < 1.29 is 19.4 Å². The van der Waals surface area contributed by atoms with Crippen molar-refractivity contribution in [1.82, 2.24) is 4.98 Å². The summed E-state index contributed by atoms with van der Waals surface area (Å²) in [6.45, 7) is 0.0332. The number of aromatic hydroxyl groups is 1. The topological polar surface area (TPSA) is 71.9 Å². The Kier molecular flexibility index (Phi) is 5.18. The quantitative estimate of drug-likeness (QED) is 0.477. The van der Waals surface area contributed by atoms with Gasteiger partial charge < -0.3 is 19.5 Å². The molecule has 2 heterocycles. The van der Waals surface area contributed by atoms with Gasteiger partial charge in [0.1, 0.15) is 17.2 Å². The van der Waals surface area contributed by atoms with Gasteiger partial charge in [-0.3, -0.25) is 4.79 Å².